The Hall–Kier alpha value is -1.11. The summed E-state index contributed by atoms with van der Waals surface area (Å²) in [4.78, 5) is 3.96. The molecule has 0 heterocycles. The number of hydrogen-bond donors (Lipinski definition) is 0. The lowest BCUT2D eigenvalue weighted by atomic mass is 10.0. The van der Waals surface area contributed by atoms with Gasteiger partial charge in [-0.25, -0.2) is 0 Å². The Morgan fingerprint density at radius 1 is 1.17 bits per heavy atom. The molecule has 0 aliphatic heterocycles. The maximum absolute atomic E-state index is 3.96. The minimum atomic E-state index is 0.609. The summed E-state index contributed by atoms with van der Waals surface area (Å²) < 4.78 is 0. The van der Waals surface area contributed by atoms with E-state index < -0.39 is 0 Å². The first-order valence-corrected chi connectivity index (χ1v) is 4.26. The molecule has 0 aliphatic carbocycles. The van der Waals surface area contributed by atoms with Crippen LogP contribution in [0.25, 0.3) is 0 Å². The third-order valence-electron chi connectivity index (χ3n) is 1.88. The second kappa shape index (κ2) is 4.05. The van der Waals surface area contributed by atoms with Gasteiger partial charge in [-0.1, -0.05) is 38.1 Å². The van der Waals surface area contributed by atoms with Crippen LogP contribution in [0.15, 0.2) is 29.3 Å². The van der Waals surface area contributed by atoms with Crippen molar-refractivity contribution in [3.8, 4) is 0 Å². The topological polar surface area (TPSA) is 12.4 Å². The van der Waals surface area contributed by atoms with E-state index in [0.29, 0.717) is 5.92 Å². The van der Waals surface area contributed by atoms with Crippen molar-refractivity contribution in [3.05, 3.63) is 35.4 Å². The van der Waals surface area contributed by atoms with Crippen LogP contribution in [-0.4, -0.2) is 13.3 Å². The quantitative estimate of drug-likeness (QED) is 0.591. The highest BCUT2D eigenvalue weighted by molar-refractivity contribution is 5.79. The molecule has 64 valence electrons. The van der Waals surface area contributed by atoms with Crippen molar-refractivity contribution < 1.29 is 0 Å². The number of nitrogens with zero attached hydrogens (tertiary/aromatic N) is 1. The first-order chi connectivity index (χ1) is 5.74. The number of benzene rings is 1. The van der Waals surface area contributed by atoms with Crippen LogP contribution in [-0.2, 0) is 0 Å². The van der Waals surface area contributed by atoms with Crippen molar-refractivity contribution in [2.45, 2.75) is 19.8 Å². The van der Waals surface area contributed by atoms with Crippen LogP contribution >= 0.6 is 0 Å². The number of rotatable bonds is 2. The Balaban J connectivity index is 2.85. The van der Waals surface area contributed by atoms with Crippen LogP contribution in [0.5, 0.6) is 0 Å². The zero-order valence-corrected chi connectivity index (χ0v) is 7.91. The lowest BCUT2D eigenvalue weighted by molar-refractivity contribution is 0.866. The molecule has 12 heavy (non-hydrogen) atoms. The predicted octanol–water partition coefficient (Wildman–Crippen LogP) is 2.86. The Kier molecular flexibility index (Phi) is 3.03. The van der Waals surface area contributed by atoms with E-state index in [-0.39, 0.29) is 0 Å². The summed E-state index contributed by atoms with van der Waals surface area (Å²) in [6, 6.07) is 8.51. The van der Waals surface area contributed by atoms with Gasteiger partial charge in [-0.3, -0.25) is 4.99 Å². The molecule has 0 spiro atoms. The minimum Gasteiger partial charge on any atom is -0.296 e. The Morgan fingerprint density at radius 3 is 2.17 bits per heavy atom. The lowest BCUT2D eigenvalue weighted by Gasteiger charge is -2.03. The Labute approximate surface area is 74.2 Å². The van der Waals surface area contributed by atoms with Crippen LogP contribution in [0, 0.1) is 0 Å². The average molecular weight is 161 g/mol. The second-order valence-electron chi connectivity index (χ2n) is 3.21. The predicted molar refractivity (Wildman–Crippen MR) is 54.0 cm³/mol. The summed E-state index contributed by atoms with van der Waals surface area (Å²) in [6.45, 7) is 4.39. The van der Waals surface area contributed by atoms with Crippen LogP contribution in [0.4, 0.5) is 0 Å². The van der Waals surface area contributed by atoms with E-state index >= 15 is 0 Å². The highest BCUT2D eigenvalue weighted by Crippen LogP contribution is 2.13. The normalized spacial score (nSPS) is 11.3. The van der Waals surface area contributed by atoms with Crippen molar-refractivity contribution in [3.63, 3.8) is 0 Å². The summed E-state index contributed by atoms with van der Waals surface area (Å²) in [6.07, 6.45) is 1.87. The van der Waals surface area contributed by atoms with Crippen molar-refractivity contribution in [2.75, 3.05) is 7.05 Å². The minimum absolute atomic E-state index is 0.609. The Bertz CT molecular complexity index is 257. The maximum Gasteiger partial charge on any atom is 0.0281 e. The molecule has 1 aromatic carbocycles. The van der Waals surface area contributed by atoms with Gasteiger partial charge in [-0.15, -0.1) is 0 Å². The van der Waals surface area contributed by atoms with Gasteiger partial charge in [0.25, 0.3) is 0 Å². The standard InChI is InChI=1S/C11H15N/c1-9(2)11-6-4-10(5-7-11)8-12-3/h4-9H,1-3H3/b12-8+. The van der Waals surface area contributed by atoms with E-state index in [9.17, 15) is 0 Å². The highest BCUT2D eigenvalue weighted by atomic mass is 14.6. The van der Waals surface area contributed by atoms with Crippen LogP contribution in [0.1, 0.15) is 30.9 Å². The van der Waals surface area contributed by atoms with Crippen molar-refractivity contribution in [2.24, 2.45) is 4.99 Å². The SMILES string of the molecule is C/N=C/c1ccc(C(C)C)cc1. The van der Waals surface area contributed by atoms with E-state index in [1.165, 1.54) is 11.1 Å². The molecular formula is C11H15N. The number of hydrogen-bond acceptors (Lipinski definition) is 1. The molecule has 0 N–H and O–H groups in total. The van der Waals surface area contributed by atoms with Crippen LogP contribution in [0.2, 0.25) is 0 Å². The Morgan fingerprint density at radius 2 is 1.75 bits per heavy atom. The molecule has 0 atom stereocenters. The van der Waals surface area contributed by atoms with E-state index in [2.05, 4.69) is 43.1 Å². The molecule has 1 heteroatoms. The average Bonchev–Trinajstić information content (AvgIpc) is 2.06. The van der Waals surface area contributed by atoms with Gasteiger partial charge >= 0.3 is 0 Å². The summed E-state index contributed by atoms with van der Waals surface area (Å²) in [5.74, 6) is 0.609. The molecule has 0 radical (unpaired) electrons. The van der Waals surface area contributed by atoms with E-state index in [1.807, 2.05) is 6.21 Å². The van der Waals surface area contributed by atoms with Gasteiger partial charge in [0.2, 0.25) is 0 Å². The largest absolute Gasteiger partial charge is 0.296 e. The van der Waals surface area contributed by atoms with Crippen LogP contribution in [0.3, 0.4) is 0 Å². The second-order valence-corrected chi connectivity index (χ2v) is 3.21. The van der Waals surface area contributed by atoms with Gasteiger partial charge < -0.3 is 0 Å². The smallest absolute Gasteiger partial charge is 0.0281 e. The van der Waals surface area contributed by atoms with Gasteiger partial charge in [0, 0.05) is 13.3 Å². The van der Waals surface area contributed by atoms with Crippen LogP contribution < -0.4 is 0 Å². The lowest BCUT2D eigenvalue weighted by Crippen LogP contribution is -1.87. The fourth-order valence-corrected chi connectivity index (χ4v) is 1.12. The zero-order chi connectivity index (χ0) is 8.97. The van der Waals surface area contributed by atoms with E-state index in [0.717, 1.165) is 0 Å². The molecule has 0 amide bonds. The zero-order valence-electron chi connectivity index (χ0n) is 7.91. The van der Waals surface area contributed by atoms with Crippen molar-refractivity contribution in [1.29, 1.82) is 0 Å². The molecule has 1 nitrogen and oxygen atoms in total. The fourth-order valence-electron chi connectivity index (χ4n) is 1.12. The maximum atomic E-state index is 3.96. The molecule has 0 unspecified atom stereocenters. The van der Waals surface area contributed by atoms with Gasteiger partial charge in [0.1, 0.15) is 0 Å². The van der Waals surface area contributed by atoms with Crippen molar-refractivity contribution in [1.82, 2.24) is 0 Å². The molecule has 0 saturated carbocycles. The highest BCUT2D eigenvalue weighted by Gasteiger charge is 1.96. The molecule has 0 bridgehead atoms. The molecule has 0 fully saturated rings. The third kappa shape index (κ3) is 2.19. The molecule has 1 aromatic rings. The summed E-state index contributed by atoms with van der Waals surface area (Å²) >= 11 is 0. The van der Waals surface area contributed by atoms with Gasteiger partial charge in [-0.2, -0.15) is 0 Å². The molecule has 0 saturated heterocycles. The van der Waals surface area contributed by atoms with Gasteiger partial charge in [0.15, 0.2) is 0 Å². The van der Waals surface area contributed by atoms with E-state index in [4.69, 9.17) is 0 Å². The first kappa shape index (κ1) is 8.98. The molecule has 0 aromatic heterocycles. The number of aliphatic imine (C=N–C) groups is 1. The summed E-state index contributed by atoms with van der Waals surface area (Å²) in [5.41, 5.74) is 2.55. The van der Waals surface area contributed by atoms with Gasteiger partial charge in [-0.05, 0) is 17.0 Å². The van der Waals surface area contributed by atoms with Crippen molar-refractivity contribution >= 4 is 6.21 Å². The molecule has 0 aliphatic rings. The fraction of sp³-hybridized carbons (Fsp3) is 0.364. The summed E-state index contributed by atoms with van der Waals surface area (Å²) in [7, 11) is 1.79. The molecule has 1 rings (SSSR count). The first-order valence-electron chi connectivity index (χ1n) is 4.26. The van der Waals surface area contributed by atoms with Gasteiger partial charge in [0.05, 0.1) is 0 Å². The van der Waals surface area contributed by atoms with E-state index in [1.54, 1.807) is 7.05 Å². The monoisotopic (exact) mass is 161 g/mol. The molecular weight excluding hydrogens is 146 g/mol. The third-order valence-corrected chi connectivity index (χ3v) is 1.88. The summed E-state index contributed by atoms with van der Waals surface area (Å²) in [5, 5.41) is 0.